The Morgan fingerprint density at radius 2 is 1.67 bits per heavy atom. The number of benzene rings is 1. The van der Waals surface area contributed by atoms with Crippen molar-refractivity contribution < 1.29 is 25.8 Å². The summed E-state index contributed by atoms with van der Waals surface area (Å²) < 4.78 is 54.5. The van der Waals surface area contributed by atoms with Crippen LogP contribution in [-0.4, -0.2) is 36.3 Å². The molecule has 0 atom stereocenters. The third-order valence-corrected chi connectivity index (χ3v) is 4.09. The minimum absolute atomic E-state index is 0.0192. The van der Waals surface area contributed by atoms with E-state index in [4.69, 9.17) is 4.74 Å². The summed E-state index contributed by atoms with van der Waals surface area (Å²) in [5.41, 5.74) is 0. The summed E-state index contributed by atoms with van der Waals surface area (Å²) in [4.78, 5) is 0. The van der Waals surface area contributed by atoms with Gasteiger partial charge in [-0.25, -0.2) is 8.42 Å². The van der Waals surface area contributed by atoms with Gasteiger partial charge in [0, 0.05) is 0 Å². The summed E-state index contributed by atoms with van der Waals surface area (Å²) in [5.74, 6) is 0.564. The predicted octanol–water partition coefficient (Wildman–Crippen LogP) is -0.124. The molecule has 0 heterocycles. The van der Waals surface area contributed by atoms with Crippen LogP contribution in [0.1, 0.15) is 0 Å². The van der Waals surface area contributed by atoms with Gasteiger partial charge in [0.1, 0.15) is 19.0 Å². The van der Waals surface area contributed by atoms with E-state index in [1.54, 1.807) is 24.3 Å². The molecule has 1 aromatic carbocycles. The number of ether oxygens (including phenoxy) is 1. The molecule has 0 aromatic heterocycles. The molecule has 0 amide bonds. The van der Waals surface area contributed by atoms with E-state index in [1.165, 1.54) is 4.13 Å². The molecule has 0 spiro atoms. The first-order valence-corrected chi connectivity index (χ1v) is 8.14. The van der Waals surface area contributed by atoms with Crippen LogP contribution in [0.15, 0.2) is 30.3 Å². The Morgan fingerprint density at radius 1 is 1.06 bits per heavy atom. The Kier molecular flexibility index (Phi) is 5.08. The van der Waals surface area contributed by atoms with Crippen molar-refractivity contribution >= 4 is 20.3 Å². The van der Waals surface area contributed by atoms with E-state index >= 15 is 0 Å². The second-order valence-corrected chi connectivity index (χ2v) is 6.65. The molecule has 0 radical (unpaired) electrons. The van der Waals surface area contributed by atoms with Crippen LogP contribution in [0.2, 0.25) is 0 Å². The number of para-hydroxylation sites is 1. The van der Waals surface area contributed by atoms with Gasteiger partial charge in [-0.2, -0.15) is 8.42 Å². The van der Waals surface area contributed by atoms with Crippen molar-refractivity contribution in [3.05, 3.63) is 30.3 Å². The van der Waals surface area contributed by atoms with Crippen molar-refractivity contribution in [1.29, 1.82) is 0 Å². The van der Waals surface area contributed by atoms with Crippen LogP contribution in [0, 0.1) is 0 Å². The lowest BCUT2D eigenvalue weighted by Crippen LogP contribution is -2.32. The standard InChI is InChI=1S/C9H13NO6S2/c1-17(11,12)10-18(13,14)16-8-7-15-9-5-3-2-4-6-9/h2-6,10H,7-8H2,1H3. The fourth-order valence-corrected chi connectivity index (χ4v) is 2.99. The van der Waals surface area contributed by atoms with Gasteiger partial charge in [-0.05, 0) is 12.1 Å². The van der Waals surface area contributed by atoms with Crippen molar-refractivity contribution in [1.82, 2.24) is 4.13 Å². The molecule has 0 aliphatic rings. The summed E-state index contributed by atoms with van der Waals surface area (Å²) in [6.07, 6.45) is 0.717. The lowest BCUT2D eigenvalue weighted by Gasteiger charge is -2.07. The summed E-state index contributed by atoms with van der Waals surface area (Å²) in [6.45, 7) is -0.311. The van der Waals surface area contributed by atoms with Crippen LogP contribution < -0.4 is 8.86 Å². The van der Waals surface area contributed by atoms with Gasteiger partial charge in [-0.1, -0.05) is 22.3 Å². The predicted molar refractivity (Wildman–Crippen MR) is 64.8 cm³/mol. The fourth-order valence-electron chi connectivity index (χ4n) is 1.03. The summed E-state index contributed by atoms with van der Waals surface area (Å²) in [6, 6.07) is 8.73. The van der Waals surface area contributed by atoms with Crippen LogP contribution >= 0.6 is 0 Å². The molecule has 0 saturated heterocycles. The molecule has 18 heavy (non-hydrogen) atoms. The number of sulfonamides is 1. The second kappa shape index (κ2) is 6.14. The van der Waals surface area contributed by atoms with Gasteiger partial charge in [0.15, 0.2) is 0 Å². The van der Waals surface area contributed by atoms with Gasteiger partial charge in [-0.15, -0.1) is 0 Å². The molecule has 7 nitrogen and oxygen atoms in total. The molecule has 0 aliphatic carbocycles. The summed E-state index contributed by atoms with van der Waals surface area (Å²) in [7, 11) is -8.19. The van der Waals surface area contributed by atoms with E-state index in [1.807, 2.05) is 6.07 Å². The van der Waals surface area contributed by atoms with Crippen molar-refractivity contribution in [3.63, 3.8) is 0 Å². The zero-order chi connectivity index (χ0) is 13.6. The molecule has 9 heteroatoms. The lowest BCUT2D eigenvalue weighted by molar-refractivity contribution is 0.220. The molecular weight excluding hydrogens is 282 g/mol. The first-order valence-electron chi connectivity index (χ1n) is 4.84. The average molecular weight is 295 g/mol. The zero-order valence-electron chi connectivity index (χ0n) is 9.57. The first-order chi connectivity index (χ1) is 8.29. The Balaban J connectivity index is 2.34. The normalized spacial score (nSPS) is 12.3. The van der Waals surface area contributed by atoms with Gasteiger partial charge >= 0.3 is 10.3 Å². The van der Waals surface area contributed by atoms with Gasteiger partial charge in [-0.3, -0.25) is 4.18 Å². The number of rotatable bonds is 7. The van der Waals surface area contributed by atoms with Crippen LogP contribution in [0.3, 0.4) is 0 Å². The van der Waals surface area contributed by atoms with E-state index in [0.717, 1.165) is 0 Å². The monoisotopic (exact) mass is 295 g/mol. The van der Waals surface area contributed by atoms with Crippen LogP contribution in [0.5, 0.6) is 5.75 Å². The van der Waals surface area contributed by atoms with Gasteiger partial charge < -0.3 is 4.74 Å². The van der Waals surface area contributed by atoms with E-state index in [0.29, 0.717) is 12.0 Å². The highest BCUT2D eigenvalue weighted by Crippen LogP contribution is 2.07. The lowest BCUT2D eigenvalue weighted by atomic mass is 10.3. The van der Waals surface area contributed by atoms with E-state index in [2.05, 4.69) is 4.18 Å². The number of hydrogen-bond donors (Lipinski definition) is 1. The van der Waals surface area contributed by atoms with Crippen LogP contribution in [0.25, 0.3) is 0 Å². The van der Waals surface area contributed by atoms with Crippen molar-refractivity contribution in [2.24, 2.45) is 0 Å². The molecule has 0 fully saturated rings. The van der Waals surface area contributed by atoms with E-state index < -0.39 is 20.3 Å². The molecule has 1 aromatic rings. The minimum atomic E-state index is -4.31. The topological polar surface area (TPSA) is 98.8 Å². The van der Waals surface area contributed by atoms with Crippen molar-refractivity contribution in [2.75, 3.05) is 19.5 Å². The number of nitrogens with one attached hydrogen (secondary N) is 1. The van der Waals surface area contributed by atoms with Crippen LogP contribution in [0.4, 0.5) is 0 Å². The van der Waals surface area contributed by atoms with E-state index in [9.17, 15) is 16.8 Å². The zero-order valence-corrected chi connectivity index (χ0v) is 11.2. The molecule has 0 bridgehead atoms. The van der Waals surface area contributed by atoms with Gasteiger partial charge in [0.25, 0.3) is 0 Å². The molecular formula is C9H13NO6S2. The third kappa shape index (κ3) is 6.55. The molecule has 0 aliphatic heterocycles. The first kappa shape index (κ1) is 14.9. The second-order valence-electron chi connectivity index (χ2n) is 3.29. The maximum Gasteiger partial charge on any atom is 0.349 e. The van der Waals surface area contributed by atoms with Gasteiger partial charge in [0.05, 0.1) is 6.26 Å². The number of hydrogen-bond acceptors (Lipinski definition) is 6. The van der Waals surface area contributed by atoms with Crippen molar-refractivity contribution in [3.8, 4) is 5.75 Å². The minimum Gasteiger partial charge on any atom is -0.491 e. The molecule has 1 N–H and O–H groups in total. The maximum absolute atomic E-state index is 11.1. The molecule has 0 unspecified atom stereocenters. The Morgan fingerprint density at radius 3 is 2.22 bits per heavy atom. The van der Waals surface area contributed by atoms with E-state index in [-0.39, 0.29) is 13.2 Å². The maximum atomic E-state index is 11.1. The molecule has 0 saturated carbocycles. The largest absolute Gasteiger partial charge is 0.491 e. The SMILES string of the molecule is CS(=O)(=O)NS(=O)(=O)OCCOc1ccccc1. The third-order valence-electron chi connectivity index (χ3n) is 1.59. The smallest absolute Gasteiger partial charge is 0.349 e. The Labute approximate surface area is 106 Å². The van der Waals surface area contributed by atoms with Gasteiger partial charge in [0.2, 0.25) is 10.0 Å². The highest BCUT2D eigenvalue weighted by Gasteiger charge is 2.16. The fraction of sp³-hybridized carbons (Fsp3) is 0.333. The molecule has 1 rings (SSSR count). The Hall–Kier alpha value is -1.16. The summed E-state index contributed by atoms with van der Waals surface area (Å²) in [5, 5.41) is 0. The highest BCUT2D eigenvalue weighted by atomic mass is 32.3. The highest BCUT2D eigenvalue weighted by molar-refractivity contribution is 8.02. The quantitative estimate of drug-likeness (QED) is 0.704. The van der Waals surface area contributed by atoms with Crippen LogP contribution in [-0.2, 0) is 24.5 Å². The summed E-state index contributed by atoms with van der Waals surface area (Å²) >= 11 is 0. The average Bonchev–Trinajstić information content (AvgIpc) is 2.23. The van der Waals surface area contributed by atoms with Crippen molar-refractivity contribution in [2.45, 2.75) is 0 Å². The molecule has 102 valence electrons. The Bertz CT molecular complexity index is 566.